The average Bonchev–Trinajstić information content (AvgIpc) is 2.03. The molecule has 1 rings (SSSR count). The molecular weight excluding hydrogens is 164 g/mol. The molecule has 0 aliphatic heterocycles. The molecule has 0 saturated heterocycles. The summed E-state index contributed by atoms with van der Waals surface area (Å²) in [7, 11) is 3.26. The van der Waals surface area contributed by atoms with Crippen LogP contribution in [0, 0.1) is 0 Å². The molecule has 2 nitrogen and oxygen atoms in total. The Balaban J connectivity index is 2.53. The lowest BCUT2D eigenvalue weighted by atomic mass is 9.89. The first-order valence-electron chi connectivity index (χ1n) is 4.17. The summed E-state index contributed by atoms with van der Waals surface area (Å²) in [5.41, 5.74) is 0. The molecule has 1 aliphatic rings. The Morgan fingerprint density at radius 2 is 2.17 bits per heavy atom. The van der Waals surface area contributed by atoms with Gasteiger partial charge in [0.15, 0.2) is 0 Å². The van der Waals surface area contributed by atoms with E-state index in [4.69, 9.17) is 4.74 Å². The largest absolute Gasteiger partial charge is 0.380 e. The maximum atomic E-state index is 12.8. The zero-order chi connectivity index (χ0) is 9.19. The van der Waals surface area contributed by atoms with E-state index in [0.717, 1.165) is 0 Å². The minimum Gasteiger partial charge on any atom is -0.380 e. The predicted octanol–water partition coefficient (Wildman–Crippen LogP) is 1.41. The number of alkyl halides is 2. The van der Waals surface area contributed by atoms with Gasteiger partial charge < -0.3 is 10.1 Å². The van der Waals surface area contributed by atoms with Crippen molar-refractivity contribution in [3.05, 3.63) is 0 Å². The summed E-state index contributed by atoms with van der Waals surface area (Å²) in [6.45, 7) is 0. The Hall–Kier alpha value is -0.220. The maximum Gasteiger partial charge on any atom is 0.250 e. The first-order chi connectivity index (χ1) is 5.59. The van der Waals surface area contributed by atoms with Crippen LogP contribution in [-0.4, -0.2) is 32.2 Å². The van der Waals surface area contributed by atoms with Crippen LogP contribution in [0.4, 0.5) is 8.78 Å². The number of likely N-dealkylation sites (N-methyl/N-ethyl adjacent to an activating group) is 1. The SMILES string of the molecule is CNC1CCC(F)(F)CC1OC. The molecule has 1 saturated carbocycles. The molecule has 12 heavy (non-hydrogen) atoms. The lowest BCUT2D eigenvalue weighted by Crippen LogP contribution is -2.47. The van der Waals surface area contributed by atoms with Crippen LogP contribution in [-0.2, 0) is 4.74 Å². The third-order valence-corrected chi connectivity index (χ3v) is 2.44. The van der Waals surface area contributed by atoms with Gasteiger partial charge in [-0.2, -0.15) is 0 Å². The summed E-state index contributed by atoms with van der Waals surface area (Å²) in [5, 5.41) is 2.98. The van der Waals surface area contributed by atoms with Gasteiger partial charge in [-0.05, 0) is 13.5 Å². The first-order valence-corrected chi connectivity index (χ1v) is 4.17. The topological polar surface area (TPSA) is 21.3 Å². The number of hydrogen-bond donors (Lipinski definition) is 1. The van der Waals surface area contributed by atoms with E-state index in [2.05, 4.69) is 5.32 Å². The Morgan fingerprint density at radius 1 is 1.50 bits per heavy atom. The van der Waals surface area contributed by atoms with Gasteiger partial charge in [0.1, 0.15) is 0 Å². The number of nitrogens with one attached hydrogen (secondary N) is 1. The van der Waals surface area contributed by atoms with Crippen molar-refractivity contribution in [2.45, 2.75) is 37.3 Å². The lowest BCUT2D eigenvalue weighted by Gasteiger charge is -2.34. The first kappa shape index (κ1) is 9.86. The highest BCUT2D eigenvalue weighted by Crippen LogP contribution is 2.34. The van der Waals surface area contributed by atoms with Gasteiger partial charge in [0, 0.05) is 26.0 Å². The van der Waals surface area contributed by atoms with Crippen molar-refractivity contribution in [3.63, 3.8) is 0 Å². The Kier molecular flexibility index (Phi) is 3.01. The third kappa shape index (κ3) is 2.14. The minimum atomic E-state index is -2.53. The van der Waals surface area contributed by atoms with Crippen LogP contribution in [0.1, 0.15) is 19.3 Å². The van der Waals surface area contributed by atoms with Gasteiger partial charge in [-0.1, -0.05) is 0 Å². The molecule has 1 fully saturated rings. The van der Waals surface area contributed by atoms with Gasteiger partial charge in [0.25, 0.3) is 5.92 Å². The summed E-state index contributed by atoms with van der Waals surface area (Å²) in [5.74, 6) is -2.53. The minimum absolute atomic E-state index is 0.0294. The molecule has 0 aromatic rings. The van der Waals surface area contributed by atoms with E-state index in [1.165, 1.54) is 7.11 Å². The van der Waals surface area contributed by atoms with Crippen molar-refractivity contribution in [1.82, 2.24) is 5.32 Å². The highest BCUT2D eigenvalue weighted by molar-refractivity contribution is 4.88. The molecule has 0 aromatic heterocycles. The van der Waals surface area contributed by atoms with Crippen molar-refractivity contribution in [3.8, 4) is 0 Å². The lowest BCUT2D eigenvalue weighted by molar-refractivity contribution is -0.0975. The normalized spacial score (nSPS) is 35.0. The maximum absolute atomic E-state index is 12.8. The van der Waals surface area contributed by atoms with E-state index < -0.39 is 5.92 Å². The van der Waals surface area contributed by atoms with E-state index in [-0.39, 0.29) is 25.0 Å². The monoisotopic (exact) mass is 179 g/mol. The Morgan fingerprint density at radius 3 is 2.67 bits per heavy atom. The van der Waals surface area contributed by atoms with Crippen LogP contribution in [0.5, 0.6) is 0 Å². The second kappa shape index (κ2) is 3.66. The van der Waals surface area contributed by atoms with E-state index >= 15 is 0 Å². The number of hydrogen-bond acceptors (Lipinski definition) is 2. The molecule has 0 bridgehead atoms. The van der Waals surface area contributed by atoms with Crippen LogP contribution in [0.25, 0.3) is 0 Å². The van der Waals surface area contributed by atoms with E-state index in [0.29, 0.717) is 6.42 Å². The summed E-state index contributed by atoms with van der Waals surface area (Å²) in [6.07, 6.45) is -0.0474. The highest BCUT2D eigenvalue weighted by atomic mass is 19.3. The van der Waals surface area contributed by atoms with Gasteiger partial charge in [-0.15, -0.1) is 0 Å². The van der Waals surface area contributed by atoms with E-state index in [9.17, 15) is 8.78 Å². The molecule has 0 radical (unpaired) electrons. The smallest absolute Gasteiger partial charge is 0.250 e. The highest BCUT2D eigenvalue weighted by Gasteiger charge is 2.40. The van der Waals surface area contributed by atoms with Gasteiger partial charge >= 0.3 is 0 Å². The number of ether oxygens (including phenoxy) is 1. The van der Waals surface area contributed by atoms with Gasteiger partial charge in [-0.25, -0.2) is 8.78 Å². The van der Waals surface area contributed by atoms with Crippen LogP contribution >= 0.6 is 0 Å². The van der Waals surface area contributed by atoms with Crippen molar-refractivity contribution >= 4 is 0 Å². The van der Waals surface area contributed by atoms with Crippen molar-refractivity contribution < 1.29 is 13.5 Å². The number of methoxy groups -OCH3 is 1. The second-order valence-electron chi connectivity index (χ2n) is 3.27. The quantitative estimate of drug-likeness (QED) is 0.692. The fourth-order valence-electron chi connectivity index (χ4n) is 1.67. The molecule has 0 spiro atoms. The summed E-state index contributed by atoms with van der Waals surface area (Å²) in [6, 6.07) is 0.0784. The van der Waals surface area contributed by atoms with E-state index in [1.807, 2.05) is 0 Å². The van der Waals surface area contributed by atoms with Crippen molar-refractivity contribution in [1.29, 1.82) is 0 Å². The van der Waals surface area contributed by atoms with Crippen LogP contribution < -0.4 is 5.32 Å². The summed E-state index contributed by atoms with van der Waals surface area (Å²) >= 11 is 0. The molecule has 0 heterocycles. The molecule has 4 heteroatoms. The van der Waals surface area contributed by atoms with E-state index in [1.54, 1.807) is 7.05 Å². The fourth-order valence-corrected chi connectivity index (χ4v) is 1.67. The van der Waals surface area contributed by atoms with Gasteiger partial charge in [0.05, 0.1) is 6.10 Å². The van der Waals surface area contributed by atoms with Crippen LogP contribution in [0.3, 0.4) is 0 Å². The molecule has 2 atom stereocenters. The number of rotatable bonds is 2. The van der Waals surface area contributed by atoms with Gasteiger partial charge in [-0.3, -0.25) is 0 Å². The van der Waals surface area contributed by atoms with Crippen LogP contribution in [0.2, 0.25) is 0 Å². The molecule has 1 N–H and O–H groups in total. The molecule has 1 aliphatic carbocycles. The standard InChI is InChI=1S/C8H15F2NO/c1-11-6-3-4-8(9,10)5-7(6)12-2/h6-7,11H,3-5H2,1-2H3. The average molecular weight is 179 g/mol. The van der Waals surface area contributed by atoms with Crippen LogP contribution in [0.15, 0.2) is 0 Å². The summed E-state index contributed by atoms with van der Waals surface area (Å²) < 4.78 is 30.7. The zero-order valence-electron chi connectivity index (χ0n) is 7.44. The fraction of sp³-hybridized carbons (Fsp3) is 1.00. The zero-order valence-corrected chi connectivity index (χ0v) is 7.44. The summed E-state index contributed by atoms with van der Waals surface area (Å²) in [4.78, 5) is 0. The molecule has 2 unspecified atom stereocenters. The Bertz CT molecular complexity index is 152. The third-order valence-electron chi connectivity index (χ3n) is 2.44. The van der Waals surface area contributed by atoms with Gasteiger partial charge in [0.2, 0.25) is 0 Å². The Labute approximate surface area is 71.3 Å². The number of halogens is 2. The predicted molar refractivity (Wildman–Crippen MR) is 42.4 cm³/mol. The molecule has 72 valence electrons. The van der Waals surface area contributed by atoms with Crippen molar-refractivity contribution in [2.75, 3.05) is 14.2 Å². The molecule has 0 amide bonds. The second-order valence-corrected chi connectivity index (χ2v) is 3.27. The molecular formula is C8H15F2NO. The molecule has 0 aromatic carbocycles. The van der Waals surface area contributed by atoms with Crippen molar-refractivity contribution in [2.24, 2.45) is 0 Å².